The summed E-state index contributed by atoms with van der Waals surface area (Å²) in [6.45, 7) is 4.36. The van der Waals surface area contributed by atoms with Gasteiger partial charge in [0.05, 0.1) is 11.0 Å². The van der Waals surface area contributed by atoms with Crippen molar-refractivity contribution >= 4 is 15.7 Å². The molecule has 0 rings (SSSR count). The third-order valence-electron chi connectivity index (χ3n) is 2.44. The molecule has 0 aliphatic rings. The zero-order valence-corrected chi connectivity index (χ0v) is 11.1. The number of hydrogen-bond donors (Lipinski definition) is 1. The summed E-state index contributed by atoms with van der Waals surface area (Å²) in [5, 5.41) is -0.422. The van der Waals surface area contributed by atoms with Gasteiger partial charge in [0.25, 0.3) is 0 Å². The van der Waals surface area contributed by atoms with E-state index in [0.29, 0.717) is 13.1 Å². The fourth-order valence-corrected chi connectivity index (χ4v) is 2.04. The van der Waals surface area contributed by atoms with Crippen molar-refractivity contribution < 1.29 is 13.2 Å². The van der Waals surface area contributed by atoms with Crippen LogP contribution in [0.2, 0.25) is 0 Å². The highest BCUT2D eigenvalue weighted by atomic mass is 32.2. The molecule has 6 heteroatoms. The summed E-state index contributed by atoms with van der Waals surface area (Å²) >= 11 is 0. The molecule has 0 fully saturated rings. The van der Waals surface area contributed by atoms with Crippen molar-refractivity contribution in [2.45, 2.75) is 31.9 Å². The molecule has 1 amide bonds. The van der Waals surface area contributed by atoms with E-state index in [9.17, 15) is 13.2 Å². The molecule has 0 aliphatic carbocycles. The number of nitrogens with two attached hydrogens (primary N) is 1. The topological polar surface area (TPSA) is 80.5 Å². The van der Waals surface area contributed by atoms with Crippen LogP contribution in [-0.2, 0) is 14.6 Å². The molecule has 0 heterocycles. The summed E-state index contributed by atoms with van der Waals surface area (Å²) in [5.74, 6) is -0.214. The zero-order chi connectivity index (χ0) is 12.8. The second-order valence-corrected chi connectivity index (χ2v) is 6.80. The minimum absolute atomic E-state index is 0.0571. The van der Waals surface area contributed by atoms with Crippen molar-refractivity contribution in [3.8, 4) is 0 Å². The highest BCUT2D eigenvalue weighted by Gasteiger charge is 2.18. The first kappa shape index (κ1) is 15.4. The van der Waals surface area contributed by atoms with E-state index in [2.05, 4.69) is 0 Å². The Balaban J connectivity index is 4.07. The predicted molar refractivity (Wildman–Crippen MR) is 64.8 cm³/mol. The average molecular weight is 250 g/mol. The molecule has 0 aliphatic heterocycles. The number of hydrogen-bond acceptors (Lipinski definition) is 4. The molecule has 0 saturated heterocycles. The Morgan fingerprint density at radius 2 is 1.94 bits per heavy atom. The lowest BCUT2D eigenvalue weighted by molar-refractivity contribution is -0.129. The number of carbonyl (C=O) groups is 1. The lowest BCUT2D eigenvalue weighted by atomic mass is 10.3. The second-order valence-electron chi connectivity index (χ2n) is 4.12. The monoisotopic (exact) mass is 250 g/mol. The van der Waals surface area contributed by atoms with Crippen LogP contribution in [0.3, 0.4) is 0 Å². The maximum atomic E-state index is 11.5. The lowest BCUT2D eigenvalue weighted by Gasteiger charge is -2.17. The van der Waals surface area contributed by atoms with Crippen molar-refractivity contribution in [1.82, 2.24) is 4.90 Å². The van der Waals surface area contributed by atoms with Gasteiger partial charge in [-0.15, -0.1) is 0 Å². The summed E-state index contributed by atoms with van der Waals surface area (Å²) in [4.78, 5) is 13.1. The number of carbonyl (C=O) groups excluding carboxylic acids is 1. The zero-order valence-electron chi connectivity index (χ0n) is 10.3. The smallest absolute Gasteiger partial charge is 0.223 e. The first-order valence-electron chi connectivity index (χ1n) is 5.47. The second kappa shape index (κ2) is 6.85. The van der Waals surface area contributed by atoms with Crippen LogP contribution in [-0.4, -0.2) is 50.4 Å². The van der Waals surface area contributed by atoms with Gasteiger partial charge in [-0.3, -0.25) is 4.79 Å². The maximum Gasteiger partial charge on any atom is 0.223 e. The van der Waals surface area contributed by atoms with Gasteiger partial charge in [-0.2, -0.15) is 0 Å². The van der Waals surface area contributed by atoms with Crippen molar-refractivity contribution in [3.63, 3.8) is 0 Å². The maximum absolute atomic E-state index is 11.5. The molecule has 16 heavy (non-hydrogen) atoms. The van der Waals surface area contributed by atoms with E-state index in [1.54, 1.807) is 20.9 Å². The lowest BCUT2D eigenvalue weighted by Crippen LogP contribution is -2.31. The molecule has 0 aromatic rings. The molecule has 0 aromatic carbocycles. The van der Waals surface area contributed by atoms with E-state index in [1.807, 2.05) is 0 Å². The largest absolute Gasteiger partial charge is 0.346 e. The van der Waals surface area contributed by atoms with Gasteiger partial charge in [0.1, 0.15) is 0 Å². The van der Waals surface area contributed by atoms with Crippen molar-refractivity contribution in [2.24, 2.45) is 5.73 Å². The highest BCUT2D eigenvalue weighted by Crippen LogP contribution is 2.04. The van der Waals surface area contributed by atoms with Crippen molar-refractivity contribution in [1.29, 1.82) is 0 Å². The summed E-state index contributed by atoms with van der Waals surface area (Å²) in [5.41, 5.74) is 5.33. The van der Waals surface area contributed by atoms with Gasteiger partial charge >= 0.3 is 0 Å². The Hall–Kier alpha value is -0.620. The van der Waals surface area contributed by atoms with E-state index in [4.69, 9.17) is 5.73 Å². The first-order valence-corrected chi connectivity index (χ1v) is 7.18. The van der Waals surface area contributed by atoms with Crippen LogP contribution in [0.5, 0.6) is 0 Å². The quantitative estimate of drug-likeness (QED) is 0.690. The van der Waals surface area contributed by atoms with Crippen LogP contribution in [0.25, 0.3) is 0 Å². The Morgan fingerprint density at radius 3 is 2.38 bits per heavy atom. The fraction of sp³-hybridized carbons (Fsp3) is 0.900. The van der Waals surface area contributed by atoms with Gasteiger partial charge < -0.3 is 10.6 Å². The minimum atomic E-state index is -3.12. The first-order chi connectivity index (χ1) is 7.31. The van der Waals surface area contributed by atoms with E-state index in [0.717, 1.165) is 6.42 Å². The normalized spacial score (nSPS) is 11.8. The average Bonchev–Trinajstić information content (AvgIpc) is 2.22. The van der Waals surface area contributed by atoms with Crippen LogP contribution >= 0.6 is 0 Å². The van der Waals surface area contributed by atoms with Gasteiger partial charge in [0.15, 0.2) is 9.84 Å². The molecule has 96 valence electrons. The SMILES string of the molecule is CC(C)S(=O)(=O)CCC(=O)N(C)CCCN. The molecule has 0 aromatic heterocycles. The van der Waals surface area contributed by atoms with Crippen LogP contribution < -0.4 is 5.73 Å². The molecule has 2 N–H and O–H groups in total. The number of rotatable bonds is 7. The third-order valence-corrected chi connectivity index (χ3v) is 4.65. The van der Waals surface area contributed by atoms with E-state index < -0.39 is 15.1 Å². The predicted octanol–water partition coefficient (Wildman–Crippen LogP) is 0.00690. The Labute approximate surface area is 97.9 Å². The third kappa shape index (κ3) is 5.46. The van der Waals surface area contributed by atoms with E-state index in [1.165, 1.54) is 4.90 Å². The summed E-state index contributed by atoms with van der Waals surface area (Å²) in [6.07, 6.45) is 0.792. The Bertz CT molecular complexity index is 312. The summed E-state index contributed by atoms with van der Waals surface area (Å²) in [6, 6.07) is 0. The fourth-order valence-electron chi connectivity index (χ4n) is 1.11. The summed E-state index contributed by atoms with van der Waals surface area (Å²) in [7, 11) is -1.45. The summed E-state index contributed by atoms with van der Waals surface area (Å²) < 4.78 is 23.0. The molecule has 0 unspecified atom stereocenters. The van der Waals surface area contributed by atoms with Crippen LogP contribution in [0, 0.1) is 0 Å². The molecule has 0 radical (unpaired) electrons. The van der Waals surface area contributed by atoms with Crippen LogP contribution in [0.1, 0.15) is 26.7 Å². The van der Waals surface area contributed by atoms with Gasteiger partial charge in [-0.1, -0.05) is 0 Å². The van der Waals surface area contributed by atoms with Crippen molar-refractivity contribution in [3.05, 3.63) is 0 Å². The number of sulfone groups is 1. The minimum Gasteiger partial charge on any atom is -0.346 e. The molecular weight excluding hydrogens is 228 g/mol. The molecular formula is C10H22N2O3S. The van der Waals surface area contributed by atoms with Crippen LogP contribution in [0.4, 0.5) is 0 Å². The molecule has 0 bridgehead atoms. The Morgan fingerprint density at radius 1 is 1.38 bits per heavy atom. The van der Waals surface area contributed by atoms with Gasteiger partial charge in [-0.25, -0.2) is 8.42 Å². The number of amides is 1. The standard InChI is InChI=1S/C10H22N2O3S/c1-9(2)16(14,15)8-5-10(13)12(3)7-4-6-11/h9H,4-8,11H2,1-3H3. The molecule has 5 nitrogen and oxygen atoms in total. The van der Waals surface area contributed by atoms with Crippen molar-refractivity contribution in [2.75, 3.05) is 25.9 Å². The van der Waals surface area contributed by atoms with Crippen LogP contribution in [0.15, 0.2) is 0 Å². The van der Waals surface area contributed by atoms with Gasteiger partial charge in [-0.05, 0) is 26.8 Å². The van der Waals surface area contributed by atoms with E-state index in [-0.39, 0.29) is 18.1 Å². The molecule has 0 saturated carbocycles. The van der Waals surface area contributed by atoms with Gasteiger partial charge in [0.2, 0.25) is 5.91 Å². The highest BCUT2D eigenvalue weighted by molar-refractivity contribution is 7.91. The Kier molecular flexibility index (Phi) is 6.59. The number of nitrogens with zero attached hydrogens (tertiary/aromatic N) is 1. The molecule has 0 spiro atoms. The van der Waals surface area contributed by atoms with Gasteiger partial charge in [0, 0.05) is 20.0 Å². The molecule has 0 atom stereocenters. The van der Waals surface area contributed by atoms with E-state index >= 15 is 0 Å².